The fraction of sp³-hybridized carbons (Fsp3) is 0.533. The molecular formula is C15H20N2O. The molecule has 1 amide bonds. The lowest BCUT2D eigenvalue weighted by molar-refractivity contribution is -0.114. The van der Waals surface area contributed by atoms with Crippen molar-refractivity contribution in [3.63, 3.8) is 0 Å². The first-order chi connectivity index (χ1) is 8.63. The van der Waals surface area contributed by atoms with Crippen LogP contribution in [-0.2, 0) is 4.79 Å². The van der Waals surface area contributed by atoms with E-state index < -0.39 is 0 Å². The van der Waals surface area contributed by atoms with Crippen LogP contribution in [0.25, 0.3) is 0 Å². The van der Waals surface area contributed by atoms with Gasteiger partial charge in [-0.1, -0.05) is 6.07 Å². The zero-order chi connectivity index (χ0) is 12.7. The van der Waals surface area contributed by atoms with Gasteiger partial charge in [-0.15, -0.1) is 0 Å². The topological polar surface area (TPSA) is 41.1 Å². The Morgan fingerprint density at radius 2 is 2.17 bits per heavy atom. The van der Waals surface area contributed by atoms with Crippen LogP contribution in [0.3, 0.4) is 0 Å². The molecule has 3 nitrogen and oxygen atoms in total. The number of rotatable bonds is 3. The molecule has 3 rings (SSSR count). The summed E-state index contributed by atoms with van der Waals surface area (Å²) in [5.74, 6) is 1.87. The predicted octanol–water partition coefficient (Wildman–Crippen LogP) is 3.16. The second-order valence-corrected chi connectivity index (χ2v) is 5.70. The van der Waals surface area contributed by atoms with Crippen molar-refractivity contribution in [1.82, 2.24) is 0 Å². The van der Waals surface area contributed by atoms with Crippen LogP contribution in [0.15, 0.2) is 18.2 Å². The highest BCUT2D eigenvalue weighted by molar-refractivity contribution is 5.90. The molecule has 0 spiro atoms. The average molecular weight is 244 g/mol. The van der Waals surface area contributed by atoms with Gasteiger partial charge in [-0.25, -0.2) is 0 Å². The number of aryl methyl sites for hydroxylation is 1. The minimum Gasteiger partial charge on any atom is -0.382 e. The number of carbonyl (C=O) groups excluding carboxylic acids is 1. The molecule has 0 bridgehead atoms. The van der Waals surface area contributed by atoms with Crippen LogP contribution in [0.5, 0.6) is 0 Å². The molecule has 1 aromatic carbocycles. The molecule has 2 aliphatic carbocycles. The molecule has 0 aliphatic heterocycles. The maximum atomic E-state index is 11.1. The van der Waals surface area contributed by atoms with Crippen LogP contribution >= 0.6 is 0 Å². The minimum atomic E-state index is -0.0154. The lowest BCUT2D eigenvalue weighted by Crippen LogP contribution is -2.19. The molecule has 1 aromatic rings. The Morgan fingerprint density at radius 3 is 2.78 bits per heavy atom. The molecule has 2 N–H and O–H groups in total. The van der Waals surface area contributed by atoms with E-state index in [0.717, 1.165) is 28.8 Å². The van der Waals surface area contributed by atoms with E-state index in [2.05, 4.69) is 22.8 Å². The summed E-state index contributed by atoms with van der Waals surface area (Å²) >= 11 is 0. The van der Waals surface area contributed by atoms with Crippen molar-refractivity contribution in [1.29, 1.82) is 0 Å². The predicted molar refractivity (Wildman–Crippen MR) is 73.7 cm³/mol. The van der Waals surface area contributed by atoms with Crippen LogP contribution in [0.1, 0.15) is 31.7 Å². The van der Waals surface area contributed by atoms with Crippen molar-refractivity contribution < 1.29 is 4.79 Å². The van der Waals surface area contributed by atoms with Gasteiger partial charge in [0.15, 0.2) is 0 Å². The first-order valence-electron chi connectivity index (χ1n) is 6.78. The van der Waals surface area contributed by atoms with E-state index in [1.807, 2.05) is 13.0 Å². The standard InChI is InChI=1S/C15H20N2O/c1-9-3-5-12(8-15(9)16-10(2)18)17-14-6-4-11-7-13(11)14/h3,5,8,11,13-14,17H,4,6-7H2,1-2H3,(H,16,18)/t11-,13+,14?/m0/s1. The molecule has 3 heteroatoms. The summed E-state index contributed by atoms with van der Waals surface area (Å²) in [5, 5.41) is 6.50. The maximum absolute atomic E-state index is 11.1. The first-order valence-corrected chi connectivity index (χ1v) is 6.78. The number of hydrogen-bond donors (Lipinski definition) is 2. The normalized spacial score (nSPS) is 28.7. The second kappa shape index (κ2) is 4.30. The third-order valence-corrected chi connectivity index (χ3v) is 4.24. The van der Waals surface area contributed by atoms with E-state index in [9.17, 15) is 4.79 Å². The summed E-state index contributed by atoms with van der Waals surface area (Å²) in [7, 11) is 0. The third-order valence-electron chi connectivity index (χ3n) is 4.24. The van der Waals surface area contributed by atoms with Crippen LogP contribution in [-0.4, -0.2) is 11.9 Å². The quantitative estimate of drug-likeness (QED) is 0.857. The van der Waals surface area contributed by atoms with Gasteiger partial charge in [0.25, 0.3) is 0 Å². The lowest BCUT2D eigenvalue weighted by Gasteiger charge is -2.17. The molecule has 3 atom stereocenters. The highest BCUT2D eigenvalue weighted by atomic mass is 16.1. The molecule has 2 fully saturated rings. The fourth-order valence-corrected chi connectivity index (χ4v) is 3.13. The van der Waals surface area contributed by atoms with Crippen molar-refractivity contribution in [2.45, 2.75) is 39.2 Å². The summed E-state index contributed by atoms with van der Waals surface area (Å²) in [6, 6.07) is 6.86. The SMILES string of the molecule is CC(=O)Nc1cc(NC2CC[C@H]3C[C@@H]23)ccc1C. The summed E-state index contributed by atoms with van der Waals surface area (Å²) in [4.78, 5) is 11.1. The molecule has 0 radical (unpaired) electrons. The Balaban J connectivity index is 1.73. The summed E-state index contributed by atoms with van der Waals surface area (Å²) in [5.41, 5.74) is 3.14. The van der Waals surface area contributed by atoms with E-state index in [-0.39, 0.29) is 5.91 Å². The summed E-state index contributed by atoms with van der Waals surface area (Å²) in [6.07, 6.45) is 4.08. The first kappa shape index (κ1) is 11.6. The largest absolute Gasteiger partial charge is 0.382 e. The van der Waals surface area contributed by atoms with Gasteiger partial charge in [0, 0.05) is 24.3 Å². The molecule has 0 aromatic heterocycles. The van der Waals surface area contributed by atoms with Crippen molar-refractivity contribution >= 4 is 17.3 Å². The molecule has 0 saturated heterocycles. The lowest BCUT2D eigenvalue weighted by atomic mass is 10.1. The Labute approximate surface area is 108 Å². The van der Waals surface area contributed by atoms with Crippen LogP contribution < -0.4 is 10.6 Å². The molecule has 2 saturated carbocycles. The van der Waals surface area contributed by atoms with Gasteiger partial charge in [0.1, 0.15) is 0 Å². The molecule has 96 valence electrons. The Bertz CT molecular complexity index is 483. The van der Waals surface area contributed by atoms with Gasteiger partial charge in [-0.05, 0) is 55.7 Å². The monoisotopic (exact) mass is 244 g/mol. The molecule has 2 aliphatic rings. The number of benzene rings is 1. The maximum Gasteiger partial charge on any atom is 0.221 e. The Kier molecular flexibility index (Phi) is 2.77. The number of nitrogens with one attached hydrogen (secondary N) is 2. The third kappa shape index (κ3) is 2.22. The molecule has 0 heterocycles. The number of amides is 1. The van der Waals surface area contributed by atoms with Gasteiger partial charge >= 0.3 is 0 Å². The zero-order valence-corrected chi connectivity index (χ0v) is 11.0. The van der Waals surface area contributed by atoms with Crippen molar-refractivity contribution in [3.05, 3.63) is 23.8 Å². The highest BCUT2D eigenvalue weighted by Gasteiger charge is 2.47. The van der Waals surface area contributed by atoms with Gasteiger partial charge < -0.3 is 10.6 Å². The van der Waals surface area contributed by atoms with E-state index in [4.69, 9.17) is 0 Å². The number of hydrogen-bond acceptors (Lipinski definition) is 2. The van der Waals surface area contributed by atoms with Crippen LogP contribution in [0.2, 0.25) is 0 Å². The van der Waals surface area contributed by atoms with Crippen LogP contribution in [0.4, 0.5) is 11.4 Å². The van der Waals surface area contributed by atoms with Gasteiger partial charge in [0.2, 0.25) is 5.91 Å². The fourth-order valence-electron chi connectivity index (χ4n) is 3.13. The summed E-state index contributed by atoms with van der Waals surface area (Å²) in [6.45, 7) is 3.56. The molecular weight excluding hydrogens is 224 g/mol. The van der Waals surface area contributed by atoms with E-state index in [1.54, 1.807) is 6.92 Å². The minimum absolute atomic E-state index is 0.0154. The van der Waals surface area contributed by atoms with Gasteiger partial charge in [-0.3, -0.25) is 4.79 Å². The second-order valence-electron chi connectivity index (χ2n) is 5.70. The Morgan fingerprint density at radius 1 is 1.33 bits per heavy atom. The number of fused-ring (bicyclic) bond motifs is 1. The summed E-state index contributed by atoms with van der Waals surface area (Å²) < 4.78 is 0. The number of anilines is 2. The Hall–Kier alpha value is -1.51. The van der Waals surface area contributed by atoms with Gasteiger partial charge in [-0.2, -0.15) is 0 Å². The highest BCUT2D eigenvalue weighted by Crippen LogP contribution is 2.52. The van der Waals surface area contributed by atoms with Crippen molar-refractivity contribution in [2.75, 3.05) is 10.6 Å². The zero-order valence-electron chi connectivity index (χ0n) is 11.0. The molecule has 1 unspecified atom stereocenters. The van der Waals surface area contributed by atoms with E-state index >= 15 is 0 Å². The van der Waals surface area contributed by atoms with Crippen LogP contribution in [0, 0.1) is 18.8 Å². The molecule has 18 heavy (non-hydrogen) atoms. The average Bonchev–Trinajstić information content (AvgIpc) is 2.99. The van der Waals surface area contributed by atoms with E-state index in [0.29, 0.717) is 6.04 Å². The van der Waals surface area contributed by atoms with Gasteiger partial charge in [0.05, 0.1) is 0 Å². The van der Waals surface area contributed by atoms with Crippen molar-refractivity contribution in [2.24, 2.45) is 11.8 Å². The smallest absolute Gasteiger partial charge is 0.221 e. The number of carbonyl (C=O) groups is 1. The van der Waals surface area contributed by atoms with Crippen molar-refractivity contribution in [3.8, 4) is 0 Å². The van der Waals surface area contributed by atoms with E-state index in [1.165, 1.54) is 19.3 Å².